The van der Waals surface area contributed by atoms with Gasteiger partial charge in [0, 0.05) is 64.9 Å². The van der Waals surface area contributed by atoms with Crippen molar-refractivity contribution in [1.82, 2.24) is 19.9 Å². The number of aliphatic hydroxyl groups is 1. The molecule has 9 nitrogen and oxygen atoms in total. The summed E-state index contributed by atoms with van der Waals surface area (Å²) in [4.78, 5) is 16.3. The number of rotatable bonds is 8. The molecule has 8 rings (SSSR count). The molecule has 5 aromatic rings. The number of nitrogens with one attached hydrogen (secondary N) is 1. The number of aliphatic hydroxyl groups excluding tert-OH is 1. The number of imidazole rings is 1. The van der Waals surface area contributed by atoms with Crippen molar-refractivity contribution in [2.75, 3.05) is 34.4 Å². The van der Waals surface area contributed by atoms with Crippen molar-refractivity contribution in [3.63, 3.8) is 0 Å². The fourth-order valence-corrected chi connectivity index (χ4v) is 8.58. The second-order valence-electron chi connectivity index (χ2n) is 13.0. The van der Waals surface area contributed by atoms with Crippen LogP contribution in [0.15, 0.2) is 78.7 Å². The lowest BCUT2D eigenvalue weighted by Crippen LogP contribution is -2.66. The van der Waals surface area contributed by atoms with Gasteiger partial charge < -0.3 is 23.6 Å². The monoisotopic (exact) mass is 654 g/mol. The predicted molar refractivity (Wildman–Crippen MR) is 186 cm³/mol. The lowest BCUT2D eigenvalue weighted by molar-refractivity contribution is -0.956. The molecule has 2 N–H and O–H groups in total. The summed E-state index contributed by atoms with van der Waals surface area (Å²) in [7, 11) is 5.54. The number of likely N-dealkylation sites (N-methyl/N-ethyl adjacent to an activating group) is 1. The number of nitrogens with zero attached hydrogens (tertiary/aromatic N) is 4. The molecule has 6 heterocycles. The molecule has 2 unspecified atom stereocenters. The molecular formula is C37H44N5O4S+. The lowest BCUT2D eigenvalue weighted by Gasteiger charge is -2.56. The van der Waals surface area contributed by atoms with Crippen molar-refractivity contribution in [3.8, 4) is 11.5 Å². The zero-order valence-electron chi connectivity index (χ0n) is 27.8. The Labute approximate surface area is 279 Å². The van der Waals surface area contributed by atoms with Crippen molar-refractivity contribution in [2.45, 2.75) is 49.7 Å². The number of fused-ring (bicyclic) bond motifs is 5. The third-order valence-electron chi connectivity index (χ3n) is 10.2. The summed E-state index contributed by atoms with van der Waals surface area (Å²) in [6.07, 6.45) is 7.61. The summed E-state index contributed by atoms with van der Waals surface area (Å²) in [6, 6.07) is 15.9. The minimum absolute atomic E-state index is 0.274. The molecular weight excluding hydrogens is 611 g/mol. The molecule has 0 aliphatic carbocycles. The molecule has 0 saturated carbocycles. The Bertz CT molecular complexity index is 1890. The van der Waals surface area contributed by atoms with Gasteiger partial charge in [0.25, 0.3) is 0 Å². The fourth-order valence-electron chi connectivity index (χ4n) is 7.48. The summed E-state index contributed by atoms with van der Waals surface area (Å²) in [5, 5.41) is 12.7. The first-order valence-corrected chi connectivity index (χ1v) is 17.4. The standard InChI is InChI=1S/C20H25N2O.C17H19N3O3S/c1-3-14-13-22(2)11-9-15(14)12-19(22)20(23)17-8-10-21-18-7-5-4-6-16(17)18;1-10-8-18-15(11(2)16(10)23-4)9-24(21)17-19-13-6-5-12(22-3)7-14(13)20-17/h3-8,10,14-15,19-20,23H,1,9,11-13H2,2H3;5-8H,9H2,1-4H3,(H,19,20)/q+1;/t14-,15-,19+,20-,22?;/m0./s1. The molecule has 6 atom stereocenters. The Hall–Kier alpha value is -3.96. The summed E-state index contributed by atoms with van der Waals surface area (Å²) >= 11 is -1.33. The Morgan fingerprint density at radius 1 is 1.13 bits per heavy atom. The summed E-state index contributed by atoms with van der Waals surface area (Å²) in [5.41, 5.74) is 6.15. The van der Waals surface area contributed by atoms with E-state index in [1.54, 1.807) is 20.4 Å². The van der Waals surface area contributed by atoms with Gasteiger partial charge in [-0.05, 0) is 49.6 Å². The molecule has 3 aliphatic heterocycles. The van der Waals surface area contributed by atoms with Gasteiger partial charge in [-0.1, -0.05) is 24.3 Å². The second-order valence-corrected chi connectivity index (χ2v) is 14.3. The lowest BCUT2D eigenvalue weighted by atomic mass is 9.72. The molecule has 246 valence electrons. The first kappa shape index (κ1) is 33.0. The largest absolute Gasteiger partial charge is 0.609 e. The predicted octanol–water partition coefficient (Wildman–Crippen LogP) is 6.21. The molecule has 47 heavy (non-hydrogen) atoms. The molecule has 3 fully saturated rings. The van der Waals surface area contributed by atoms with Crippen molar-refractivity contribution >= 4 is 33.1 Å². The van der Waals surface area contributed by atoms with E-state index in [0.717, 1.165) is 67.5 Å². The van der Waals surface area contributed by atoms with Crippen LogP contribution in [0.1, 0.15) is 41.3 Å². The molecule has 10 heteroatoms. The number of pyridine rings is 2. The number of aryl methyl sites for hydroxylation is 1. The average Bonchev–Trinajstić information content (AvgIpc) is 3.53. The van der Waals surface area contributed by atoms with Gasteiger partial charge in [0.1, 0.15) is 23.6 Å². The van der Waals surface area contributed by atoms with E-state index >= 15 is 0 Å². The van der Waals surface area contributed by atoms with Crippen LogP contribution in [-0.2, 0) is 16.9 Å². The first-order chi connectivity index (χ1) is 22.6. The number of H-pyrrole nitrogens is 1. The maximum absolute atomic E-state index is 12.7. The average molecular weight is 655 g/mol. The molecule has 0 amide bonds. The van der Waals surface area contributed by atoms with Gasteiger partial charge in [0.05, 0.1) is 56.6 Å². The number of methoxy groups -OCH3 is 2. The molecule has 2 bridgehead atoms. The number of hydrogen-bond donors (Lipinski definition) is 2. The summed E-state index contributed by atoms with van der Waals surface area (Å²) in [5.74, 6) is 3.06. The van der Waals surface area contributed by atoms with E-state index in [9.17, 15) is 9.66 Å². The fraction of sp³-hybridized carbons (Fsp3) is 0.378. The van der Waals surface area contributed by atoms with E-state index in [4.69, 9.17) is 9.47 Å². The molecule has 0 radical (unpaired) electrons. The van der Waals surface area contributed by atoms with Crippen molar-refractivity contribution in [1.29, 1.82) is 0 Å². The maximum atomic E-state index is 12.7. The maximum Gasteiger partial charge on any atom is 0.322 e. The van der Waals surface area contributed by atoms with E-state index < -0.39 is 17.3 Å². The van der Waals surface area contributed by atoms with Gasteiger partial charge in [-0.3, -0.25) is 15.0 Å². The molecule has 3 aliphatic rings. The molecule has 0 spiro atoms. The number of para-hydroxylation sites is 1. The van der Waals surface area contributed by atoms with E-state index in [0.29, 0.717) is 22.7 Å². The SMILES string of the molecule is C=C[C@H]1C[N+]2(C)CC[C@H]1C[C@@H]2[C@@H](O)c1ccnc2ccccc12.COc1ccc2[nH]c([S+]([O-])Cc3ncc(C)c(OC)c3C)nc2c1. The highest BCUT2D eigenvalue weighted by atomic mass is 32.2. The van der Waals surface area contributed by atoms with Gasteiger partial charge in [-0.25, -0.2) is 0 Å². The van der Waals surface area contributed by atoms with E-state index in [-0.39, 0.29) is 11.8 Å². The van der Waals surface area contributed by atoms with Gasteiger partial charge in [-0.2, -0.15) is 4.98 Å². The van der Waals surface area contributed by atoms with Crippen LogP contribution in [-0.4, -0.2) is 74.5 Å². The Morgan fingerprint density at radius 3 is 2.68 bits per heavy atom. The number of hydrogen-bond acceptors (Lipinski definition) is 7. The minimum atomic E-state index is -1.33. The number of ether oxygens (including phenoxy) is 2. The van der Waals surface area contributed by atoms with Crippen LogP contribution in [0.25, 0.3) is 21.9 Å². The van der Waals surface area contributed by atoms with Crippen molar-refractivity contribution in [3.05, 3.63) is 96.0 Å². The van der Waals surface area contributed by atoms with Crippen LogP contribution in [0.3, 0.4) is 0 Å². The van der Waals surface area contributed by atoms with Gasteiger partial charge in [-0.15, -0.1) is 6.58 Å². The number of aromatic amines is 1. The molecule has 3 aromatic heterocycles. The van der Waals surface area contributed by atoms with Crippen LogP contribution in [0.2, 0.25) is 0 Å². The highest BCUT2D eigenvalue weighted by molar-refractivity contribution is 7.90. The van der Waals surface area contributed by atoms with Gasteiger partial charge in [0.15, 0.2) is 5.75 Å². The van der Waals surface area contributed by atoms with Crippen LogP contribution in [0.4, 0.5) is 0 Å². The van der Waals surface area contributed by atoms with Crippen molar-refractivity contribution in [2.24, 2.45) is 11.8 Å². The molecule has 3 saturated heterocycles. The topological polar surface area (TPSA) is 116 Å². The smallest absolute Gasteiger partial charge is 0.322 e. The van der Waals surface area contributed by atoms with Crippen LogP contribution in [0.5, 0.6) is 11.5 Å². The van der Waals surface area contributed by atoms with Crippen LogP contribution in [0, 0.1) is 25.7 Å². The van der Waals surface area contributed by atoms with E-state index in [2.05, 4.69) is 45.7 Å². The summed E-state index contributed by atoms with van der Waals surface area (Å²) < 4.78 is 24.2. The minimum Gasteiger partial charge on any atom is -0.609 e. The zero-order chi connectivity index (χ0) is 33.3. The van der Waals surface area contributed by atoms with E-state index in [1.165, 1.54) is 13.0 Å². The quantitative estimate of drug-likeness (QED) is 0.116. The van der Waals surface area contributed by atoms with Crippen LogP contribution < -0.4 is 9.47 Å². The normalized spacial score (nSPS) is 23.2. The zero-order valence-corrected chi connectivity index (χ0v) is 28.6. The number of aromatic nitrogens is 4. The van der Waals surface area contributed by atoms with Crippen LogP contribution >= 0.6 is 0 Å². The van der Waals surface area contributed by atoms with Crippen molar-refractivity contribution < 1.29 is 23.6 Å². The Balaban J connectivity index is 0.000000164. The highest BCUT2D eigenvalue weighted by Crippen LogP contribution is 2.45. The highest BCUT2D eigenvalue weighted by Gasteiger charge is 2.51. The number of quaternary nitrogens is 1. The Kier molecular flexibility index (Phi) is 9.57. The second kappa shape index (κ2) is 13.6. The third kappa shape index (κ3) is 6.47. The first-order valence-electron chi connectivity index (χ1n) is 16.1. The van der Waals surface area contributed by atoms with E-state index in [1.807, 2.05) is 62.5 Å². The number of benzene rings is 2. The summed E-state index contributed by atoms with van der Waals surface area (Å²) in [6.45, 7) is 10.2. The Morgan fingerprint density at radius 2 is 1.94 bits per heavy atom. The number of piperidine rings is 3. The molecule has 2 aromatic carbocycles. The third-order valence-corrected chi connectivity index (χ3v) is 11.3. The van der Waals surface area contributed by atoms with Gasteiger partial charge >= 0.3 is 5.16 Å². The van der Waals surface area contributed by atoms with Gasteiger partial charge in [0.2, 0.25) is 0 Å².